The Labute approximate surface area is 121 Å². The zero-order valence-corrected chi connectivity index (χ0v) is 11.8. The molecule has 1 saturated heterocycles. The highest BCUT2D eigenvalue weighted by Crippen LogP contribution is 2.29. The van der Waals surface area contributed by atoms with Gasteiger partial charge in [0.2, 0.25) is 5.82 Å². The second-order valence-electron chi connectivity index (χ2n) is 4.91. The molecule has 0 radical (unpaired) electrons. The normalized spacial score (nSPS) is 19.8. The number of rotatable bonds is 3. The zero-order chi connectivity index (χ0) is 14.8. The molecular formula is C14H17FN4O2. The third-order valence-electron chi connectivity index (χ3n) is 3.59. The Balaban J connectivity index is 1.86. The third-order valence-corrected chi connectivity index (χ3v) is 3.59. The van der Waals surface area contributed by atoms with E-state index < -0.39 is 5.82 Å². The summed E-state index contributed by atoms with van der Waals surface area (Å²) in [5.41, 5.74) is 6.18. The van der Waals surface area contributed by atoms with Crippen LogP contribution in [0.3, 0.4) is 0 Å². The molecule has 0 aliphatic carbocycles. The van der Waals surface area contributed by atoms with Crippen LogP contribution in [0.1, 0.15) is 18.9 Å². The Morgan fingerprint density at radius 1 is 1.48 bits per heavy atom. The second kappa shape index (κ2) is 5.79. The molecule has 3 rings (SSSR count). The number of hydrogen-bond acceptors (Lipinski definition) is 6. The summed E-state index contributed by atoms with van der Waals surface area (Å²) in [6.45, 7) is 5.22. The molecule has 0 bridgehead atoms. The fourth-order valence-corrected chi connectivity index (χ4v) is 2.38. The van der Waals surface area contributed by atoms with Gasteiger partial charge in [-0.25, -0.2) is 4.39 Å². The standard InChI is InChI=1S/C14H17FN4O2/c1-2-19-6-7-20-11(8-19)13-17-14(21-18-13)12-9(15)4-3-5-10(12)16/h3-5,11H,2,6-8,16H2,1H3. The van der Waals surface area contributed by atoms with Crippen molar-refractivity contribution in [2.75, 3.05) is 32.0 Å². The first kappa shape index (κ1) is 14.0. The lowest BCUT2D eigenvalue weighted by atomic mass is 10.1. The fraction of sp³-hybridized carbons (Fsp3) is 0.429. The zero-order valence-electron chi connectivity index (χ0n) is 11.8. The minimum absolute atomic E-state index is 0.0813. The van der Waals surface area contributed by atoms with Crippen molar-refractivity contribution in [1.29, 1.82) is 0 Å². The van der Waals surface area contributed by atoms with Crippen molar-refractivity contribution < 1.29 is 13.7 Å². The number of benzene rings is 1. The molecule has 1 aromatic heterocycles. The van der Waals surface area contributed by atoms with Crippen molar-refractivity contribution in [1.82, 2.24) is 15.0 Å². The highest BCUT2D eigenvalue weighted by atomic mass is 19.1. The van der Waals surface area contributed by atoms with Gasteiger partial charge in [0.1, 0.15) is 11.9 Å². The summed E-state index contributed by atoms with van der Waals surface area (Å²) in [6, 6.07) is 4.44. The predicted octanol–water partition coefficient (Wildman–Crippen LogP) is 1.85. The van der Waals surface area contributed by atoms with Crippen molar-refractivity contribution in [3.05, 3.63) is 29.8 Å². The lowest BCUT2D eigenvalue weighted by molar-refractivity contribution is -0.0334. The number of morpholine rings is 1. The molecule has 2 N–H and O–H groups in total. The quantitative estimate of drug-likeness (QED) is 0.870. The van der Waals surface area contributed by atoms with Crippen LogP contribution in [-0.4, -0.2) is 41.3 Å². The van der Waals surface area contributed by atoms with Crippen LogP contribution in [0.4, 0.5) is 10.1 Å². The van der Waals surface area contributed by atoms with E-state index in [-0.39, 0.29) is 23.2 Å². The van der Waals surface area contributed by atoms with Gasteiger partial charge in [-0.3, -0.25) is 4.90 Å². The lowest BCUT2D eigenvalue weighted by Crippen LogP contribution is -2.38. The number of nitrogens with two attached hydrogens (primary N) is 1. The van der Waals surface area contributed by atoms with Gasteiger partial charge in [0.25, 0.3) is 5.89 Å². The van der Waals surface area contributed by atoms with Crippen LogP contribution in [0.25, 0.3) is 11.5 Å². The van der Waals surface area contributed by atoms with E-state index in [1.165, 1.54) is 12.1 Å². The van der Waals surface area contributed by atoms with Gasteiger partial charge >= 0.3 is 0 Å². The van der Waals surface area contributed by atoms with Gasteiger partial charge in [-0.05, 0) is 18.7 Å². The summed E-state index contributed by atoms with van der Waals surface area (Å²) in [4.78, 5) is 6.48. The molecule has 0 saturated carbocycles. The van der Waals surface area contributed by atoms with Crippen LogP contribution in [0.15, 0.2) is 22.7 Å². The lowest BCUT2D eigenvalue weighted by Gasteiger charge is -2.30. The average molecular weight is 292 g/mol. The fourth-order valence-electron chi connectivity index (χ4n) is 2.38. The highest BCUT2D eigenvalue weighted by Gasteiger charge is 2.26. The maximum absolute atomic E-state index is 13.9. The molecular weight excluding hydrogens is 275 g/mol. The number of hydrogen-bond donors (Lipinski definition) is 1. The number of likely N-dealkylation sites (N-methyl/N-ethyl adjacent to an activating group) is 1. The van der Waals surface area contributed by atoms with Gasteiger partial charge in [-0.1, -0.05) is 18.1 Å². The first-order chi connectivity index (χ1) is 10.2. The molecule has 2 heterocycles. The van der Waals surface area contributed by atoms with E-state index in [2.05, 4.69) is 22.0 Å². The van der Waals surface area contributed by atoms with Crippen molar-refractivity contribution in [3.63, 3.8) is 0 Å². The molecule has 6 nitrogen and oxygen atoms in total. The van der Waals surface area contributed by atoms with Crippen LogP contribution in [0, 0.1) is 5.82 Å². The molecule has 2 aromatic rings. The van der Waals surface area contributed by atoms with E-state index in [1.54, 1.807) is 6.07 Å². The van der Waals surface area contributed by atoms with Gasteiger partial charge in [-0.15, -0.1) is 0 Å². The Morgan fingerprint density at radius 2 is 2.33 bits per heavy atom. The number of nitrogens with zero attached hydrogens (tertiary/aromatic N) is 3. The van der Waals surface area contributed by atoms with Crippen LogP contribution in [0.5, 0.6) is 0 Å². The maximum Gasteiger partial charge on any atom is 0.263 e. The van der Waals surface area contributed by atoms with Crippen molar-refractivity contribution in [3.8, 4) is 11.5 Å². The molecule has 0 amide bonds. The van der Waals surface area contributed by atoms with E-state index in [4.69, 9.17) is 15.0 Å². The summed E-state index contributed by atoms with van der Waals surface area (Å²) in [5.74, 6) is 0.0218. The number of halogens is 1. The van der Waals surface area contributed by atoms with Crippen LogP contribution in [0.2, 0.25) is 0 Å². The van der Waals surface area contributed by atoms with E-state index in [1.807, 2.05) is 0 Å². The summed E-state index contributed by atoms with van der Waals surface area (Å²) in [7, 11) is 0. The van der Waals surface area contributed by atoms with Gasteiger partial charge in [0, 0.05) is 18.8 Å². The van der Waals surface area contributed by atoms with Crippen molar-refractivity contribution >= 4 is 5.69 Å². The Bertz CT molecular complexity index is 611. The number of anilines is 1. The summed E-state index contributed by atoms with van der Waals surface area (Å²) in [5, 5.41) is 3.91. The maximum atomic E-state index is 13.9. The SMILES string of the molecule is CCN1CCOC(c2noc(-c3c(N)cccc3F)n2)C1. The van der Waals surface area contributed by atoms with Gasteiger partial charge in [0.05, 0.1) is 12.2 Å². The van der Waals surface area contributed by atoms with Crippen molar-refractivity contribution in [2.45, 2.75) is 13.0 Å². The van der Waals surface area contributed by atoms with E-state index >= 15 is 0 Å². The van der Waals surface area contributed by atoms with E-state index in [9.17, 15) is 4.39 Å². The molecule has 7 heteroatoms. The molecule has 1 aromatic carbocycles. The van der Waals surface area contributed by atoms with Crippen molar-refractivity contribution in [2.24, 2.45) is 0 Å². The molecule has 1 unspecified atom stereocenters. The Kier molecular flexibility index (Phi) is 3.85. The van der Waals surface area contributed by atoms with Crippen LogP contribution < -0.4 is 5.73 Å². The second-order valence-corrected chi connectivity index (χ2v) is 4.91. The topological polar surface area (TPSA) is 77.4 Å². The molecule has 112 valence electrons. The third kappa shape index (κ3) is 2.74. The minimum Gasteiger partial charge on any atom is -0.398 e. The van der Waals surface area contributed by atoms with Crippen LogP contribution >= 0.6 is 0 Å². The minimum atomic E-state index is -0.482. The summed E-state index contributed by atoms with van der Waals surface area (Å²) < 4.78 is 24.7. The molecule has 1 aliphatic heterocycles. The predicted molar refractivity (Wildman–Crippen MR) is 74.9 cm³/mol. The Morgan fingerprint density at radius 3 is 3.10 bits per heavy atom. The highest BCUT2D eigenvalue weighted by molar-refractivity contribution is 5.70. The average Bonchev–Trinajstić information content (AvgIpc) is 2.97. The number of nitrogen functional groups attached to an aromatic ring is 1. The van der Waals surface area contributed by atoms with E-state index in [0.717, 1.165) is 13.1 Å². The monoisotopic (exact) mass is 292 g/mol. The molecule has 1 aliphatic rings. The first-order valence-electron chi connectivity index (χ1n) is 6.91. The van der Waals surface area contributed by atoms with Gasteiger partial charge in [0.15, 0.2) is 0 Å². The van der Waals surface area contributed by atoms with Gasteiger partial charge in [-0.2, -0.15) is 4.98 Å². The molecule has 1 fully saturated rings. The largest absolute Gasteiger partial charge is 0.398 e. The smallest absolute Gasteiger partial charge is 0.263 e. The molecule has 1 atom stereocenters. The Hall–Kier alpha value is -1.99. The van der Waals surface area contributed by atoms with Crippen LogP contribution in [-0.2, 0) is 4.74 Å². The summed E-state index contributed by atoms with van der Waals surface area (Å²) in [6.07, 6.45) is -0.260. The first-order valence-corrected chi connectivity index (χ1v) is 6.91. The number of aromatic nitrogens is 2. The summed E-state index contributed by atoms with van der Waals surface area (Å²) >= 11 is 0. The molecule has 0 spiro atoms. The number of ether oxygens (including phenoxy) is 1. The van der Waals surface area contributed by atoms with Gasteiger partial charge < -0.3 is 15.0 Å². The van der Waals surface area contributed by atoms with E-state index in [0.29, 0.717) is 19.0 Å². The molecule has 21 heavy (non-hydrogen) atoms.